The van der Waals surface area contributed by atoms with Crippen LogP contribution in [0.3, 0.4) is 0 Å². The second kappa shape index (κ2) is 10.3. The van der Waals surface area contributed by atoms with Crippen LogP contribution in [0.1, 0.15) is 51.9 Å². The molecule has 0 aromatic carbocycles. The highest BCUT2D eigenvalue weighted by Gasteiger charge is 2.41. The van der Waals surface area contributed by atoms with Gasteiger partial charge in [0.15, 0.2) is 6.10 Å². The molecule has 162 valence electrons. The van der Waals surface area contributed by atoms with Crippen molar-refractivity contribution in [2.75, 3.05) is 45.9 Å². The molecule has 3 fully saturated rings. The van der Waals surface area contributed by atoms with Gasteiger partial charge in [-0.15, -0.1) is 0 Å². The van der Waals surface area contributed by atoms with Crippen molar-refractivity contribution in [2.24, 2.45) is 5.92 Å². The lowest BCUT2D eigenvalue weighted by atomic mass is 9.85. The Kier molecular flexibility index (Phi) is 7.73. The van der Waals surface area contributed by atoms with Crippen LogP contribution in [-0.2, 0) is 14.3 Å². The molecule has 1 N–H and O–H groups in total. The fourth-order valence-corrected chi connectivity index (χ4v) is 4.57. The molecule has 1 saturated carbocycles. The van der Waals surface area contributed by atoms with Crippen LogP contribution in [-0.4, -0.2) is 79.4 Å². The molecule has 2 heterocycles. The first-order valence-corrected chi connectivity index (χ1v) is 11.0. The number of carbonyl (C=O) groups is 2. The van der Waals surface area contributed by atoms with E-state index < -0.39 is 17.7 Å². The van der Waals surface area contributed by atoms with E-state index in [0.29, 0.717) is 51.6 Å². The summed E-state index contributed by atoms with van der Waals surface area (Å²) in [4.78, 5) is 29.5. The van der Waals surface area contributed by atoms with Crippen LogP contribution in [0.25, 0.3) is 0 Å². The Morgan fingerprint density at radius 3 is 2.59 bits per heavy atom. The zero-order valence-corrected chi connectivity index (χ0v) is 17.5. The van der Waals surface area contributed by atoms with Gasteiger partial charge in [0.05, 0.1) is 19.3 Å². The predicted octanol–water partition coefficient (Wildman–Crippen LogP) is 1.90. The summed E-state index contributed by atoms with van der Waals surface area (Å²) in [5.41, 5.74) is -0.900. The molecule has 0 bridgehead atoms. The average molecular weight is 407 g/mol. The van der Waals surface area contributed by atoms with E-state index in [1.165, 1.54) is 6.42 Å². The monoisotopic (exact) mass is 406 g/mol. The molecule has 0 aromatic rings. The Morgan fingerprint density at radius 1 is 1.24 bits per heavy atom. The van der Waals surface area contributed by atoms with Crippen LogP contribution >= 0.6 is 0 Å². The molecule has 1 aliphatic carbocycles. The van der Waals surface area contributed by atoms with Gasteiger partial charge < -0.3 is 24.6 Å². The van der Waals surface area contributed by atoms with Gasteiger partial charge in [-0.1, -0.05) is 39.0 Å². The standard InChI is InChI=1S/C21H34N4O4/c1-2-24-9-8-21(15-22,16-24)23-19(26)18(14-17-6-4-3-5-7-17)29-20(27)25-10-12-28-13-11-25/h17-18H,2-14,16H2,1H3,(H,23,26)/t18-,21?/m0/s1. The number of nitrogens with zero attached hydrogens (tertiary/aromatic N) is 3. The summed E-state index contributed by atoms with van der Waals surface area (Å²) in [7, 11) is 0. The molecule has 29 heavy (non-hydrogen) atoms. The highest BCUT2D eigenvalue weighted by atomic mass is 16.6. The number of carbonyl (C=O) groups excluding carboxylic acids is 2. The average Bonchev–Trinajstić information content (AvgIpc) is 3.18. The molecule has 2 aliphatic heterocycles. The second-order valence-corrected chi connectivity index (χ2v) is 8.51. The van der Waals surface area contributed by atoms with E-state index in [0.717, 1.165) is 38.8 Å². The lowest BCUT2D eigenvalue weighted by Crippen LogP contribution is -2.54. The minimum atomic E-state index is -0.900. The lowest BCUT2D eigenvalue weighted by Gasteiger charge is -2.31. The molecule has 3 rings (SSSR count). The second-order valence-electron chi connectivity index (χ2n) is 8.51. The van der Waals surface area contributed by atoms with Crippen LogP contribution in [0.2, 0.25) is 0 Å². The normalized spacial score (nSPS) is 27.2. The molecule has 2 saturated heterocycles. The summed E-state index contributed by atoms with van der Waals surface area (Å²) in [6.45, 7) is 6.11. The molecule has 0 aromatic heterocycles. The highest BCUT2D eigenvalue weighted by molar-refractivity contribution is 5.84. The number of rotatable bonds is 6. The predicted molar refractivity (Wildman–Crippen MR) is 107 cm³/mol. The lowest BCUT2D eigenvalue weighted by molar-refractivity contribution is -0.132. The number of amides is 2. The van der Waals surface area contributed by atoms with Gasteiger partial charge >= 0.3 is 6.09 Å². The van der Waals surface area contributed by atoms with Gasteiger partial charge in [-0.3, -0.25) is 4.79 Å². The highest BCUT2D eigenvalue weighted by Crippen LogP contribution is 2.29. The molecule has 1 unspecified atom stereocenters. The van der Waals surface area contributed by atoms with E-state index >= 15 is 0 Å². The fraction of sp³-hybridized carbons (Fsp3) is 0.857. The largest absolute Gasteiger partial charge is 0.436 e. The number of nitriles is 1. The Balaban J connectivity index is 1.66. The molecule has 8 heteroatoms. The van der Waals surface area contributed by atoms with E-state index in [1.807, 2.05) is 6.92 Å². The van der Waals surface area contributed by atoms with Crippen molar-refractivity contribution in [3.05, 3.63) is 0 Å². The minimum Gasteiger partial charge on any atom is -0.436 e. The SMILES string of the molecule is CCN1CCC(C#N)(NC(=O)[C@H](CC2CCCCC2)OC(=O)N2CCOCC2)C1. The summed E-state index contributed by atoms with van der Waals surface area (Å²) >= 11 is 0. The third-order valence-corrected chi connectivity index (χ3v) is 6.45. The first-order valence-electron chi connectivity index (χ1n) is 11.0. The Bertz CT molecular complexity index is 610. The number of likely N-dealkylation sites (N-methyl/N-ethyl adjacent to an activating group) is 1. The fourth-order valence-electron chi connectivity index (χ4n) is 4.57. The summed E-state index contributed by atoms with van der Waals surface area (Å²) in [6.07, 6.45) is 5.47. The maximum absolute atomic E-state index is 13.1. The van der Waals surface area contributed by atoms with Crippen molar-refractivity contribution >= 4 is 12.0 Å². The van der Waals surface area contributed by atoms with Gasteiger partial charge in [0.2, 0.25) is 0 Å². The van der Waals surface area contributed by atoms with E-state index in [-0.39, 0.29) is 5.91 Å². The minimum absolute atomic E-state index is 0.336. The van der Waals surface area contributed by atoms with Crippen molar-refractivity contribution in [2.45, 2.75) is 63.5 Å². The van der Waals surface area contributed by atoms with Crippen molar-refractivity contribution < 1.29 is 19.1 Å². The molecule has 2 amide bonds. The Labute approximate surface area is 173 Å². The number of hydrogen-bond acceptors (Lipinski definition) is 6. The number of likely N-dealkylation sites (tertiary alicyclic amines) is 1. The van der Waals surface area contributed by atoms with Gasteiger partial charge in [0, 0.05) is 26.2 Å². The van der Waals surface area contributed by atoms with E-state index in [9.17, 15) is 14.9 Å². The van der Waals surface area contributed by atoms with Gasteiger partial charge in [0.25, 0.3) is 5.91 Å². The van der Waals surface area contributed by atoms with E-state index in [2.05, 4.69) is 16.3 Å². The molecular formula is C21H34N4O4. The van der Waals surface area contributed by atoms with Crippen molar-refractivity contribution in [3.8, 4) is 6.07 Å². The molecular weight excluding hydrogens is 372 g/mol. The van der Waals surface area contributed by atoms with E-state index in [4.69, 9.17) is 9.47 Å². The zero-order valence-electron chi connectivity index (χ0n) is 17.5. The van der Waals surface area contributed by atoms with Crippen LogP contribution < -0.4 is 5.32 Å². The van der Waals surface area contributed by atoms with Crippen molar-refractivity contribution in [1.29, 1.82) is 5.26 Å². The van der Waals surface area contributed by atoms with Crippen molar-refractivity contribution in [3.63, 3.8) is 0 Å². The summed E-state index contributed by atoms with van der Waals surface area (Å²) in [5.74, 6) is 0.0439. The van der Waals surface area contributed by atoms with Gasteiger partial charge in [-0.25, -0.2) is 4.79 Å². The van der Waals surface area contributed by atoms with Crippen LogP contribution in [0.4, 0.5) is 4.79 Å². The smallest absolute Gasteiger partial charge is 0.410 e. The maximum Gasteiger partial charge on any atom is 0.410 e. The number of hydrogen-bond donors (Lipinski definition) is 1. The number of nitrogens with one attached hydrogen (secondary N) is 1. The third kappa shape index (κ3) is 5.83. The van der Waals surface area contributed by atoms with E-state index in [1.54, 1.807) is 4.90 Å². The molecule has 0 radical (unpaired) electrons. The molecule has 3 aliphatic rings. The quantitative estimate of drug-likeness (QED) is 0.724. The van der Waals surface area contributed by atoms with Gasteiger partial charge in [-0.05, 0) is 25.3 Å². The summed E-state index contributed by atoms with van der Waals surface area (Å²) < 4.78 is 11.0. The van der Waals surface area contributed by atoms with Crippen LogP contribution in [0.5, 0.6) is 0 Å². The molecule has 8 nitrogen and oxygen atoms in total. The summed E-state index contributed by atoms with van der Waals surface area (Å²) in [5, 5.41) is 12.7. The Morgan fingerprint density at radius 2 is 1.97 bits per heavy atom. The molecule has 2 atom stereocenters. The zero-order chi connectivity index (χ0) is 20.7. The van der Waals surface area contributed by atoms with Crippen LogP contribution in [0, 0.1) is 17.2 Å². The Hall–Kier alpha value is -1.85. The topological polar surface area (TPSA) is 94.9 Å². The first kappa shape index (κ1) is 21.8. The molecule has 0 spiro atoms. The first-order chi connectivity index (χ1) is 14.0. The summed E-state index contributed by atoms with van der Waals surface area (Å²) in [6, 6.07) is 2.31. The van der Waals surface area contributed by atoms with Crippen molar-refractivity contribution in [1.82, 2.24) is 15.1 Å². The van der Waals surface area contributed by atoms with Gasteiger partial charge in [0.1, 0.15) is 5.54 Å². The van der Waals surface area contributed by atoms with Crippen LogP contribution in [0.15, 0.2) is 0 Å². The third-order valence-electron chi connectivity index (χ3n) is 6.45. The number of ether oxygens (including phenoxy) is 2. The van der Waals surface area contributed by atoms with Gasteiger partial charge in [-0.2, -0.15) is 5.26 Å². The number of morpholine rings is 1. The maximum atomic E-state index is 13.1.